The number of carbonyl (C=O) groups excluding carboxylic acids is 1. The zero-order chi connectivity index (χ0) is 19.8. The first-order valence-electron chi connectivity index (χ1n) is 10.3. The molecule has 3 saturated heterocycles. The molecule has 7 heteroatoms. The molecule has 0 spiro atoms. The highest BCUT2D eigenvalue weighted by molar-refractivity contribution is 5.86. The number of likely N-dealkylation sites (tertiary alicyclic amines) is 1. The molecule has 0 radical (unpaired) electrons. The summed E-state index contributed by atoms with van der Waals surface area (Å²) in [4.78, 5) is 16.9. The van der Waals surface area contributed by atoms with Crippen LogP contribution in [0.15, 0.2) is 18.2 Å². The van der Waals surface area contributed by atoms with E-state index >= 15 is 0 Å². The predicted molar refractivity (Wildman–Crippen MR) is 102 cm³/mol. The van der Waals surface area contributed by atoms with E-state index in [-0.39, 0.29) is 24.2 Å². The van der Waals surface area contributed by atoms with Crippen molar-refractivity contribution in [2.45, 2.75) is 56.2 Å². The zero-order valence-corrected chi connectivity index (χ0v) is 16.2. The topological polar surface area (TPSA) is 55.8 Å². The Labute approximate surface area is 164 Å². The van der Waals surface area contributed by atoms with Gasteiger partial charge in [0.2, 0.25) is 0 Å². The van der Waals surface area contributed by atoms with Crippen LogP contribution in [-0.2, 0) is 11.3 Å². The number of piperidine rings is 1. The van der Waals surface area contributed by atoms with E-state index in [1.165, 1.54) is 29.9 Å². The highest BCUT2D eigenvalue weighted by Crippen LogP contribution is 2.38. The maximum atomic E-state index is 14.0. The second kappa shape index (κ2) is 7.69. The molecule has 1 atom stereocenters. The Morgan fingerprint density at radius 3 is 2.50 bits per heavy atom. The summed E-state index contributed by atoms with van der Waals surface area (Å²) in [5.74, 6) is -2.25. The van der Waals surface area contributed by atoms with Gasteiger partial charge in [0, 0.05) is 37.3 Å². The van der Waals surface area contributed by atoms with Crippen LogP contribution in [0, 0.1) is 11.6 Å². The fourth-order valence-electron chi connectivity index (χ4n) is 5.27. The molecule has 154 valence electrons. The molecule has 1 aromatic carbocycles. The molecule has 2 N–H and O–H groups in total. The van der Waals surface area contributed by atoms with Crippen LogP contribution in [0.25, 0.3) is 0 Å². The van der Waals surface area contributed by atoms with Gasteiger partial charge in [-0.1, -0.05) is 12.1 Å². The Kier molecular flexibility index (Phi) is 5.42. The van der Waals surface area contributed by atoms with Crippen LogP contribution in [0.3, 0.4) is 0 Å². The normalized spacial score (nSPS) is 27.4. The third-order valence-corrected chi connectivity index (χ3v) is 6.78. The Morgan fingerprint density at radius 2 is 1.75 bits per heavy atom. The lowest BCUT2D eigenvalue weighted by Crippen LogP contribution is -2.59. The van der Waals surface area contributed by atoms with Crippen molar-refractivity contribution in [3.63, 3.8) is 0 Å². The Hall–Kier alpha value is -1.57. The van der Waals surface area contributed by atoms with Gasteiger partial charge < -0.3 is 15.3 Å². The second-order valence-corrected chi connectivity index (χ2v) is 8.60. The summed E-state index contributed by atoms with van der Waals surface area (Å²) >= 11 is 0. The molecular formula is C21H29F2N3O2. The molecule has 0 aliphatic carbocycles. The van der Waals surface area contributed by atoms with E-state index in [4.69, 9.17) is 0 Å². The molecule has 3 heterocycles. The Bertz CT molecular complexity index is 734. The second-order valence-electron chi connectivity index (χ2n) is 8.60. The van der Waals surface area contributed by atoms with Gasteiger partial charge in [0.25, 0.3) is 5.91 Å². The molecule has 4 rings (SSSR count). The number of hydrogen-bond acceptors (Lipinski definition) is 4. The van der Waals surface area contributed by atoms with Crippen molar-refractivity contribution in [2.24, 2.45) is 0 Å². The number of fused-ring (bicyclic) bond motifs is 1. The zero-order valence-electron chi connectivity index (χ0n) is 16.2. The lowest BCUT2D eigenvalue weighted by Gasteiger charge is -2.39. The molecule has 3 aliphatic heterocycles. The van der Waals surface area contributed by atoms with Gasteiger partial charge in [-0.25, -0.2) is 8.78 Å². The molecule has 1 aromatic rings. The van der Waals surface area contributed by atoms with Crippen LogP contribution in [0.2, 0.25) is 0 Å². The molecule has 0 bridgehead atoms. The number of amides is 1. The molecule has 3 fully saturated rings. The van der Waals surface area contributed by atoms with E-state index in [0.717, 1.165) is 38.5 Å². The predicted octanol–water partition coefficient (Wildman–Crippen LogP) is 2.04. The van der Waals surface area contributed by atoms with Crippen molar-refractivity contribution in [1.82, 2.24) is 15.1 Å². The van der Waals surface area contributed by atoms with Crippen molar-refractivity contribution in [3.8, 4) is 0 Å². The number of hydrogen-bond donors (Lipinski definition) is 2. The minimum absolute atomic E-state index is 0.0253. The lowest BCUT2D eigenvalue weighted by molar-refractivity contribution is -0.157. The maximum Gasteiger partial charge on any atom is 0.256 e. The van der Waals surface area contributed by atoms with E-state index < -0.39 is 23.1 Å². The quantitative estimate of drug-likeness (QED) is 0.777. The fourth-order valence-corrected chi connectivity index (χ4v) is 5.27. The van der Waals surface area contributed by atoms with E-state index in [1.807, 2.05) is 0 Å². The summed E-state index contributed by atoms with van der Waals surface area (Å²) in [5.41, 5.74) is -1.17. The Balaban J connectivity index is 1.38. The number of nitrogens with one attached hydrogen (secondary N) is 1. The highest BCUT2D eigenvalue weighted by Gasteiger charge is 2.46. The summed E-state index contributed by atoms with van der Waals surface area (Å²) < 4.78 is 27.4. The molecule has 1 amide bonds. The SMILES string of the molecule is O=C1N(Cc2cccc(F)c2F)CCCC1(O)CNCC12CCCN1CCC2. The van der Waals surface area contributed by atoms with Crippen LogP contribution in [0.5, 0.6) is 0 Å². The highest BCUT2D eigenvalue weighted by atomic mass is 19.2. The van der Waals surface area contributed by atoms with Gasteiger partial charge in [-0.3, -0.25) is 9.69 Å². The summed E-state index contributed by atoms with van der Waals surface area (Å²) in [5, 5.41) is 14.4. The van der Waals surface area contributed by atoms with Crippen LogP contribution in [-0.4, -0.2) is 64.7 Å². The number of nitrogens with zero attached hydrogens (tertiary/aromatic N) is 2. The number of aliphatic hydroxyl groups is 1. The Morgan fingerprint density at radius 1 is 1.04 bits per heavy atom. The van der Waals surface area contributed by atoms with E-state index in [1.54, 1.807) is 0 Å². The van der Waals surface area contributed by atoms with Crippen molar-refractivity contribution in [3.05, 3.63) is 35.4 Å². The maximum absolute atomic E-state index is 14.0. The fraction of sp³-hybridized carbons (Fsp3) is 0.667. The minimum atomic E-state index is -1.49. The first-order valence-corrected chi connectivity index (χ1v) is 10.3. The number of rotatable bonds is 6. The monoisotopic (exact) mass is 393 g/mol. The van der Waals surface area contributed by atoms with Crippen LogP contribution in [0.1, 0.15) is 44.1 Å². The summed E-state index contributed by atoms with van der Waals surface area (Å²) in [6.45, 7) is 3.66. The van der Waals surface area contributed by atoms with Gasteiger partial charge in [-0.2, -0.15) is 0 Å². The smallest absolute Gasteiger partial charge is 0.256 e. The molecule has 0 aromatic heterocycles. The van der Waals surface area contributed by atoms with Crippen molar-refractivity contribution in [1.29, 1.82) is 0 Å². The van der Waals surface area contributed by atoms with Crippen molar-refractivity contribution in [2.75, 3.05) is 32.7 Å². The number of benzene rings is 1. The average molecular weight is 393 g/mol. The number of halogens is 2. The summed E-state index contributed by atoms with van der Waals surface area (Å²) in [6.07, 6.45) is 5.76. The molecule has 1 unspecified atom stereocenters. The van der Waals surface area contributed by atoms with Crippen LogP contribution >= 0.6 is 0 Å². The molecule has 28 heavy (non-hydrogen) atoms. The van der Waals surface area contributed by atoms with Crippen LogP contribution in [0.4, 0.5) is 8.78 Å². The summed E-state index contributed by atoms with van der Waals surface area (Å²) in [6, 6.07) is 3.97. The van der Waals surface area contributed by atoms with Crippen molar-refractivity contribution < 1.29 is 18.7 Å². The van der Waals surface area contributed by atoms with Crippen molar-refractivity contribution >= 4 is 5.91 Å². The van der Waals surface area contributed by atoms with Gasteiger partial charge in [0.05, 0.1) is 0 Å². The summed E-state index contributed by atoms with van der Waals surface area (Å²) in [7, 11) is 0. The van der Waals surface area contributed by atoms with Gasteiger partial charge in [-0.15, -0.1) is 0 Å². The van der Waals surface area contributed by atoms with Gasteiger partial charge >= 0.3 is 0 Å². The third-order valence-electron chi connectivity index (χ3n) is 6.78. The standard InChI is InChI=1S/C21H29F2N3O2/c22-17-6-1-5-16(18(17)23)13-25-10-4-9-21(28,19(25)27)15-24-14-20-7-2-11-26(20)12-3-8-20/h1,5-6,24,28H,2-4,7-15H2. The van der Waals surface area contributed by atoms with Crippen LogP contribution < -0.4 is 5.32 Å². The molecule has 5 nitrogen and oxygen atoms in total. The lowest BCUT2D eigenvalue weighted by atomic mass is 9.90. The molecule has 3 aliphatic rings. The van der Waals surface area contributed by atoms with E-state index in [9.17, 15) is 18.7 Å². The number of carbonyl (C=O) groups is 1. The molecule has 0 saturated carbocycles. The van der Waals surface area contributed by atoms with E-state index in [2.05, 4.69) is 10.2 Å². The van der Waals surface area contributed by atoms with Gasteiger partial charge in [0.15, 0.2) is 17.2 Å². The third kappa shape index (κ3) is 3.55. The molecular weight excluding hydrogens is 364 g/mol. The largest absolute Gasteiger partial charge is 0.379 e. The first kappa shape index (κ1) is 19.7. The average Bonchev–Trinajstić information content (AvgIpc) is 3.23. The minimum Gasteiger partial charge on any atom is -0.379 e. The van der Waals surface area contributed by atoms with Gasteiger partial charge in [0.1, 0.15) is 0 Å². The van der Waals surface area contributed by atoms with E-state index in [0.29, 0.717) is 19.4 Å². The first-order chi connectivity index (χ1) is 13.4. The van der Waals surface area contributed by atoms with Gasteiger partial charge in [-0.05, 0) is 57.7 Å².